The van der Waals surface area contributed by atoms with Crippen LogP contribution in [0.1, 0.15) is 31.9 Å². The van der Waals surface area contributed by atoms with Gasteiger partial charge in [0.1, 0.15) is 5.75 Å². The minimum atomic E-state index is 0.705. The molecular formula is C17H22N2O. The molecule has 1 heterocycles. The Bertz CT molecular complexity index is 499. The van der Waals surface area contributed by atoms with E-state index < -0.39 is 0 Å². The lowest BCUT2D eigenvalue weighted by molar-refractivity contribution is 0.307. The summed E-state index contributed by atoms with van der Waals surface area (Å²) in [6.07, 6.45) is 5.34. The average molecular weight is 270 g/mol. The van der Waals surface area contributed by atoms with Crippen LogP contribution < -0.4 is 10.1 Å². The van der Waals surface area contributed by atoms with Crippen molar-refractivity contribution in [2.24, 2.45) is 0 Å². The number of nitrogens with one attached hydrogen (secondary N) is 1. The van der Waals surface area contributed by atoms with E-state index in [0.717, 1.165) is 30.2 Å². The molecule has 0 radical (unpaired) electrons. The Hall–Kier alpha value is -2.03. The van der Waals surface area contributed by atoms with Crippen molar-refractivity contribution in [2.75, 3.05) is 11.9 Å². The molecule has 0 spiro atoms. The van der Waals surface area contributed by atoms with E-state index >= 15 is 0 Å². The minimum Gasteiger partial charge on any atom is -0.491 e. The van der Waals surface area contributed by atoms with E-state index in [-0.39, 0.29) is 0 Å². The highest BCUT2D eigenvalue weighted by atomic mass is 16.5. The maximum absolute atomic E-state index is 5.84. The molecule has 0 fully saturated rings. The lowest BCUT2D eigenvalue weighted by atomic mass is 10.2. The third kappa shape index (κ3) is 4.57. The number of rotatable bonds is 8. The highest BCUT2D eigenvalue weighted by Gasteiger charge is 2.02. The topological polar surface area (TPSA) is 34.1 Å². The summed E-state index contributed by atoms with van der Waals surface area (Å²) in [7, 11) is 0. The fourth-order valence-corrected chi connectivity index (χ4v) is 1.96. The number of hydrogen-bond donors (Lipinski definition) is 1. The van der Waals surface area contributed by atoms with Gasteiger partial charge in [-0.15, -0.1) is 0 Å². The quantitative estimate of drug-likeness (QED) is 0.728. The number of pyridine rings is 1. The predicted octanol–water partition coefficient (Wildman–Crippen LogP) is 4.26. The third-order valence-electron chi connectivity index (χ3n) is 3.08. The van der Waals surface area contributed by atoms with Crippen LogP contribution in [-0.2, 0) is 6.54 Å². The monoisotopic (exact) mass is 270 g/mol. The molecule has 0 saturated heterocycles. The van der Waals surface area contributed by atoms with Gasteiger partial charge in [-0.05, 0) is 30.7 Å². The molecule has 1 N–H and O–H groups in total. The number of aromatic nitrogens is 1. The Morgan fingerprint density at radius 2 is 1.90 bits per heavy atom. The van der Waals surface area contributed by atoms with E-state index in [1.807, 2.05) is 48.7 Å². The first-order chi connectivity index (χ1) is 9.90. The lowest BCUT2D eigenvalue weighted by Crippen LogP contribution is -2.04. The summed E-state index contributed by atoms with van der Waals surface area (Å²) in [6, 6.07) is 14.0. The Labute approximate surface area is 121 Å². The van der Waals surface area contributed by atoms with Gasteiger partial charge in [-0.1, -0.05) is 38.0 Å². The minimum absolute atomic E-state index is 0.705. The van der Waals surface area contributed by atoms with Crippen LogP contribution in [0.2, 0.25) is 0 Å². The molecule has 0 amide bonds. The number of nitrogens with zero attached hydrogens (tertiary/aromatic N) is 1. The van der Waals surface area contributed by atoms with E-state index in [4.69, 9.17) is 4.74 Å². The van der Waals surface area contributed by atoms with Crippen LogP contribution in [0.5, 0.6) is 5.75 Å². The second kappa shape index (κ2) is 8.20. The Morgan fingerprint density at radius 1 is 1.05 bits per heavy atom. The Balaban J connectivity index is 1.90. The van der Waals surface area contributed by atoms with Gasteiger partial charge in [-0.25, -0.2) is 0 Å². The second-order valence-corrected chi connectivity index (χ2v) is 4.73. The summed E-state index contributed by atoms with van der Waals surface area (Å²) in [5, 5.41) is 3.38. The Morgan fingerprint density at radius 3 is 2.70 bits per heavy atom. The molecule has 0 aliphatic rings. The summed E-state index contributed by atoms with van der Waals surface area (Å²) in [5.41, 5.74) is 2.04. The first kappa shape index (κ1) is 14.4. The van der Waals surface area contributed by atoms with Crippen molar-refractivity contribution in [3.63, 3.8) is 0 Å². The van der Waals surface area contributed by atoms with Crippen LogP contribution in [0.4, 0.5) is 5.69 Å². The van der Waals surface area contributed by atoms with Crippen molar-refractivity contribution in [3.8, 4) is 5.75 Å². The molecule has 106 valence electrons. The molecule has 0 aliphatic heterocycles. The number of benzene rings is 1. The zero-order chi connectivity index (χ0) is 14.0. The van der Waals surface area contributed by atoms with Gasteiger partial charge in [0.25, 0.3) is 0 Å². The average Bonchev–Trinajstić information content (AvgIpc) is 2.51. The molecule has 0 bridgehead atoms. The van der Waals surface area contributed by atoms with Crippen LogP contribution in [-0.4, -0.2) is 11.6 Å². The van der Waals surface area contributed by atoms with E-state index in [1.54, 1.807) is 0 Å². The number of anilines is 1. The second-order valence-electron chi connectivity index (χ2n) is 4.73. The molecule has 0 atom stereocenters. The van der Waals surface area contributed by atoms with Gasteiger partial charge in [0.15, 0.2) is 0 Å². The van der Waals surface area contributed by atoms with Crippen molar-refractivity contribution in [2.45, 2.75) is 32.7 Å². The predicted molar refractivity (Wildman–Crippen MR) is 83.0 cm³/mol. The van der Waals surface area contributed by atoms with E-state index in [2.05, 4.69) is 17.2 Å². The molecule has 0 aliphatic carbocycles. The van der Waals surface area contributed by atoms with E-state index in [1.165, 1.54) is 12.8 Å². The maximum Gasteiger partial charge on any atom is 0.142 e. The fourth-order valence-electron chi connectivity index (χ4n) is 1.96. The van der Waals surface area contributed by atoms with Gasteiger partial charge in [0.05, 0.1) is 24.5 Å². The van der Waals surface area contributed by atoms with Gasteiger partial charge in [0, 0.05) is 6.20 Å². The first-order valence-corrected chi connectivity index (χ1v) is 7.25. The molecule has 0 saturated carbocycles. The van der Waals surface area contributed by atoms with Gasteiger partial charge in [-0.2, -0.15) is 0 Å². The van der Waals surface area contributed by atoms with Gasteiger partial charge >= 0.3 is 0 Å². The number of para-hydroxylation sites is 2. The van der Waals surface area contributed by atoms with Crippen molar-refractivity contribution < 1.29 is 4.74 Å². The zero-order valence-corrected chi connectivity index (χ0v) is 12.0. The summed E-state index contributed by atoms with van der Waals surface area (Å²) >= 11 is 0. The maximum atomic E-state index is 5.84. The van der Waals surface area contributed by atoms with Crippen LogP contribution >= 0.6 is 0 Å². The van der Waals surface area contributed by atoms with Gasteiger partial charge < -0.3 is 10.1 Å². The largest absolute Gasteiger partial charge is 0.491 e. The van der Waals surface area contributed by atoms with Gasteiger partial charge in [0.2, 0.25) is 0 Å². The summed E-state index contributed by atoms with van der Waals surface area (Å²) in [6.45, 7) is 3.68. The van der Waals surface area contributed by atoms with E-state index in [0.29, 0.717) is 6.54 Å². The highest BCUT2D eigenvalue weighted by molar-refractivity contribution is 5.56. The van der Waals surface area contributed by atoms with Crippen molar-refractivity contribution in [3.05, 3.63) is 54.4 Å². The van der Waals surface area contributed by atoms with E-state index in [9.17, 15) is 0 Å². The molecule has 0 unspecified atom stereocenters. The standard InChI is InChI=1S/C17H22N2O/c1-2-3-8-13-20-17-11-5-4-10-16(17)19-14-15-9-6-7-12-18-15/h4-7,9-12,19H,2-3,8,13-14H2,1H3. The van der Waals surface area contributed by atoms with Gasteiger partial charge in [-0.3, -0.25) is 4.98 Å². The third-order valence-corrected chi connectivity index (χ3v) is 3.08. The SMILES string of the molecule is CCCCCOc1ccccc1NCc1ccccn1. The summed E-state index contributed by atoms with van der Waals surface area (Å²) in [4.78, 5) is 4.31. The normalized spacial score (nSPS) is 10.2. The Kier molecular flexibility index (Phi) is 5.90. The van der Waals surface area contributed by atoms with Crippen molar-refractivity contribution >= 4 is 5.69 Å². The number of unbranched alkanes of at least 4 members (excludes halogenated alkanes) is 2. The first-order valence-electron chi connectivity index (χ1n) is 7.25. The molecule has 3 heteroatoms. The summed E-state index contributed by atoms with van der Waals surface area (Å²) < 4.78 is 5.84. The highest BCUT2D eigenvalue weighted by Crippen LogP contribution is 2.24. The molecule has 1 aromatic carbocycles. The van der Waals surface area contributed by atoms with Crippen molar-refractivity contribution in [1.82, 2.24) is 4.98 Å². The van der Waals surface area contributed by atoms with Crippen LogP contribution in [0.25, 0.3) is 0 Å². The lowest BCUT2D eigenvalue weighted by Gasteiger charge is -2.12. The van der Waals surface area contributed by atoms with Crippen LogP contribution in [0.15, 0.2) is 48.7 Å². The zero-order valence-electron chi connectivity index (χ0n) is 12.0. The molecule has 3 nitrogen and oxygen atoms in total. The summed E-state index contributed by atoms with van der Waals surface area (Å²) in [5.74, 6) is 0.916. The fraction of sp³-hybridized carbons (Fsp3) is 0.353. The molecule has 20 heavy (non-hydrogen) atoms. The van der Waals surface area contributed by atoms with Crippen LogP contribution in [0.3, 0.4) is 0 Å². The molecule has 2 aromatic rings. The van der Waals surface area contributed by atoms with Crippen LogP contribution in [0, 0.1) is 0 Å². The smallest absolute Gasteiger partial charge is 0.142 e. The molecular weight excluding hydrogens is 248 g/mol. The molecule has 1 aromatic heterocycles. The molecule has 2 rings (SSSR count). The van der Waals surface area contributed by atoms with Crippen molar-refractivity contribution in [1.29, 1.82) is 0 Å². The number of hydrogen-bond acceptors (Lipinski definition) is 3. The number of ether oxygens (including phenoxy) is 1.